The van der Waals surface area contributed by atoms with Crippen LogP contribution in [-0.4, -0.2) is 5.11 Å². The molecule has 0 spiro atoms. The maximum Gasteiger partial charge on any atom is 0.0804 e. The predicted molar refractivity (Wildman–Crippen MR) is 42.3 cm³/mol. The Morgan fingerprint density at radius 3 is 3.20 bits per heavy atom. The van der Waals surface area contributed by atoms with Crippen LogP contribution in [0.25, 0.3) is 0 Å². The largest absolute Gasteiger partial charge is 0.388 e. The maximum atomic E-state index is 9.40. The molecule has 1 aromatic rings. The molecule has 2 heteroatoms. The van der Waals surface area contributed by atoms with Crippen LogP contribution in [0, 0.1) is 6.92 Å². The fourth-order valence-electron chi connectivity index (χ4n) is 1.48. The van der Waals surface area contributed by atoms with E-state index in [4.69, 9.17) is 0 Å². The first kappa shape index (κ1) is 6.38. The quantitative estimate of drug-likeness (QED) is 0.606. The Balaban J connectivity index is 2.49. The van der Waals surface area contributed by atoms with Gasteiger partial charge in [-0.3, -0.25) is 0 Å². The van der Waals surface area contributed by atoms with Gasteiger partial charge >= 0.3 is 0 Å². The molecule has 0 radical (unpaired) electrons. The molecule has 1 aliphatic rings. The van der Waals surface area contributed by atoms with Crippen molar-refractivity contribution < 1.29 is 5.11 Å². The van der Waals surface area contributed by atoms with E-state index in [9.17, 15) is 5.11 Å². The Morgan fingerprint density at radius 2 is 2.50 bits per heavy atom. The third-order valence-corrected chi connectivity index (χ3v) is 3.09. The second-order valence-electron chi connectivity index (χ2n) is 2.79. The summed E-state index contributed by atoms with van der Waals surface area (Å²) < 4.78 is 0. The Labute approximate surface area is 64.3 Å². The average molecular weight is 154 g/mol. The van der Waals surface area contributed by atoms with Crippen molar-refractivity contribution in [1.82, 2.24) is 0 Å². The molecule has 1 unspecified atom stereocenters. The van der Waals surface area contributed by atoms with Crippen LogP contribution in [0.3, 0.4) is 0 Å². The molecule has 10 heavy (non-hydrogen) atoms. The van der Waals surface area contributed by atoms with Crippen LogP contribution in [0.2, 0.25) is 0 Å². The molecule has 0 amide bonds. The van der Waals surface area contributed by atoms with E-state index in [-0.39, 0.29) is 6.10 Å². The number of hydrogen-bond acceptors (Lipinski definition) is 2. The molecule has 0 aliphatic heterocycles. The highest BCUT2D eigenvalue weighted by atomic mass is 32.1. The van der Waals surface area contributed by atoms with E-state index in [0.29, 0.717) is 0 Å². The second-order valence-corrected chi connectivity index (χ2v) is 4.13. The van der Waals surface area contributed by atoms with Gasteiger partial charge in [-0.05, 0) is 31.4 Å². The predicted octanol–water partition coefficient (Wildman–Crippen LogP) is 2.04. The lowest BCUT2D eigenvalue weighted by atomic mass is 10.2. The van der Waals surface area contributed by atoms with Gasteiger partial charge in [0.05, 0.1) is 6.10 Å². The first-order valence-electron chi connectivity index (χ1n) is 3.54. The fourth-order valence-corrected chi connectivity index (χ4v) is 2.59. The lowest BCUT2D eigenvalue weighted by Gasteiger charge is -1.96. The Morgan fingerprint density at radius 1 is 1.70 bits per heavy atom. The lowest BCUT2D eigenvalue weighted by molar-refractivity contribution is 0.180. The van der Waals surface area contributed by atoms with Crippen LogP contribution in [-0.2, 0) is 6.42 Å². The average Bonchev–Trinajstić information content (AvgIpc) is 2.35. The summed E-state index contributed by atoms with van der Waals surface area (Å²) >= 11 is 1.82. The number of fused-ring (bicyclic) bond motifs is 1. The maximum absolute atomic E-state index is 9.40. The minimum Gasteiger partial charge on any atom is -0.388 e. The van der Waals surface area contributed by atoms with Crippen LogP contribution in [0.1, 0.15) is 27.8 Å². The van der Waals surface area contributed by atoms with E-state index >= 15 is 0 Å². The van der Waals surface area contributed by atoms with Gasteiger partial charge in [-0.1, -0.05) is 0 Å². The molecule has 54 valence electrons. The zero-order valence-corrected chi connectivity index (χ0v) is 6.74. The van der Waals surface area contributed by atoms with Gasteiger partial charge in [0.25, 0.3) is 0 Å². The molecule has 1 nitrogen and oxygen atoms in total. The number of thiophene rings is 1. The smallest absolute Gasteiger partial charge is 0.0804 e. The van der Waals surface area contributed by atoms with E-state index in [1.807, 2.05) is 11.3 Å². The monoisotopic (exact) mass is 154 g/mol. The van der Waals surface area contributed by atoms with Gasteiger partial charge < -0.3 is 5.11 Å². The van der Waals surface area contributed by atoms with Gasteiger partial charge in [0.1, 0.15) is 0 Å². The van der Waals surface area contributed by atoms with Gasteiger partial charge in [-0.25, -0.2) is 0 Å². The van der Waals surface area contributed by atoms with Gasteiger partial charge in [-0.15, -0.1) is 11.3 Å². The van der Waals surface area contributed by atoms with Gasteiger partial charge in [0.2, 0.25) is 0 Å². The van der Waals surface area contributed by atoms with E-state index < -0.39 is 0 Å². The Hall–Kier alpha value is -0.340. The van der Waals surface area contributed by atoms with Crippen LogP contribution in [0.5, 0.6) is 0 Å². The molecule has 1 atom stereocenters. The second kappa shape index (κ2) is 2.07. The zero-order valence-electron chi connectivity index (χ0n) is 5.92. The van der Waals surface area contributed by atoms with Crippen LogP contribution >= 0.6 is 11.3 Å². The van der Waals surface area contributed by atoms with Crippen molar-refractivity contribution in [2.24, 2.45) is 0 Å². The normalized spacial score (nSPS) is 23.2. The van der Waals surface area contributed by atoms with Gasteiger partial charge in [0.15, 0.2) is 0 Å². The van der Waals surface area contributed by atoms with Crippen molar-refractivity contribution in [3.05, 3.63) is 21.4 Å². The highest BCUT2D eigenvalue weighted by molar-refractivity contribution is 7.12. The molecule has 1 aliphatic carbocycles. The third-order valence-electron chi connectivity index (χ3n) is 1.97. The number of hydrogen-bond donors (Lipinski definition) is 1. The molecule has 1 N–H and O–H groups in total. The topological polar surface area (TPSA) is 20.2 Å². The van der Waals surface area contributed by atoms with Crippen molar-refractivity contribution >= 4 is 11.3 Å². The Kier molecular flexibility index (Phi) is 1.32. The van der Waals surface area contributed by atoms with Crippen molar-refractivity contribution in [3.8, 4) is 0 Å². The Bertz CT molecular complexity index is 252. The summed E-state index contributed by atoms with van der Waals surface area (Å²) in [6, 6.07) is 2.11. The summed E-state index contributed by atoms with van der Waals surface area (Å²) in [4.78, 5) is 2.72. The van der Waals surface area contributed by atoms with Crippen LogP contribution < -0.4 is 0 Å². The summed E-state index contributed by atoms with van der Waals surface area (Å²) in [6.45, 7) is 2.09. The third kappa shape index (κ3) is 0.796. The standard InChI is InChI=1S/C8H10OS/c1-5-4-6-7(9)2-3-8(6)10-5/h4,7,9H,2-3H2,1H3. The number of aryl methyl sites for hydroxylation is 2. The first-order valence-corrected chi connectivity index (χ1v) is 4.36. The molecule has 0 fully saturated rings. The first-order chi connectivity index (χ1) is 4.77. The van der Waals surface area contributed by atoms with E-state index in [1.165, 1.54) is 15.3 Å². The van der Waals surface area contributed by atoms with Crippen molar-refractivity contribution in [2.45, 2.75) is 25.9 Å². The fraction of sp³-hybridized carbons (Fsp3) is 0.500. The molecule has 0 saturated carbocycles. The van der Waals surface area contributed by atoms with Crippen molar-refractivity contribution in [2.75, 3.05) is 0 Å². The van der Waals surface area contributed by atoms with Gasteiger partial charge in [0, 0.05) is 9.75 Å². The molecule has 0 aromatic carbocycles. The van der Waals surface area contributed by atoms with E-state index in [2.05, 4.69) is 13.0 Å². The van der Waals surface area contributed by atoms with Crippen LogP contribution in [0.15, 0.2) is 6.07 Å². The summed E-state index contributed by atoms with van der Waals surface area (Å²) in [5.74, 6) is 0. The minimum absolute atomic E-state index is 0.167. The highest BCUT2D eigenvalue weighted by Gasteiger charge is 2.21. The molecule has 2 rings (SSSR count). The van der Waals surface area contributed by atoms with E-state index in [0.717, 1.165) is 12.8 Å². The SMILES string of the molecule is Cc1cc2c(s1)CCC2O. The highest BCUT2D eigenvalue weighted by Crippen LogP contribution is 2.36. The molecule has 0 bridgehead atoms. The molecular formula is C8H10OS. The summed E-state index contributed by atoms with van der Waals surface area (Å²) in [5.41, 5.74) is 1.18. The molecule has 0 saturated heterocycles. The van der Waals surface area contributed by atoms with Gasteiger partial charge in [-0.2, -0.15) is 0 Å². The van der Waals surface area contributed by atoms with Crippen molar-refractivity contribution in [1.29, 1.82) is 0 Å². The van der Waals surface area contributed by atoms with E-state index in [1.54, 1.807) is 0 Å². The summed E-state index contributed by atoms with van der Waals surface area (Å²) in [5, 5.41) is 9.40. The zero-order chi connectivity index (χ0) is 7.14. The minimum atomic E-state index is -0.167. The number of rotatable bonds is 0. The molecular weight excluding hydrogens is 144 g/mol. The molecule has 1 heterocycles. The summed E-state index contributed by atoms with van der Waals surface area (Å²) in [7, 11) is 0. The number of aliphatic hydroxyl groups is 1. The summed E-state index contributed by atoms with van der Waals surface area (Å²) in [6.07, 6.45) is 1.84. The molecule has 1 aromatic heterocycles. The lowest BCUT2D eigenvalue weighted by Crippen LogP contribution is -1.86. The van der Waals surface area contributed by atoms with Crippen molar-refractivity contribution in [3.63, 3.8) is 0 Å². The number of aliphatic hydroxyl groups excluding tert-OH is 1. The van der Waals surface area contributed by atoms with Crippen LogP contribution in [0.4, 0.5) is 0 Å².